The number of nitrogens with zero attached hydrogens (tertiary/aromatic N) is 3. The van der Waals surface area contributed by atoms with E-state index in [0.717, 1.165) is 44.2 Å². The van der Waals surface area contributed by atoms with Crippen molar-refractivity contribution in [2.24, 2.45) is 0 Å². The molecule has 1 atom stereocenters. The maximum absolute atomic E-state index is 6.69. The summed E-state index contributed by atoms with van der Waals surface area (Å²) in [5, 5.41) is 4.65. The molecular formula is C51H33N3O. The van der Waals surface area contributed by atoms with Gasteiger partial charge in [-0.15, -0.1) is 0 Å². The van der Waals surface area contributed by atoms with Gasteiger partial charge in [0.25, 0.3) is 0 Å². The van der Waals surface area contributed by atoms with Crippen LogP contribution in [0.3, 0.4) is 0 Å². The van der Waals surface area contributed by atoms with E-state index in [1.807, 2.05) is 72.8 Å². The Kier molecular flexibility index (Phi) is 7.27. The van der Waals surface area contributed by atoms with Gasteiger partial charge in [-0.05, 0) is 74.3 Å². The molecule has 1 unspecified atom stereocenters. The zero-order valence-electron chi connectivity index (χ0n) is 29.9. The molecule has 0 fully saturated rings. The van der Waals surface area contributed by atoms with Crippen LogP contribution in [-0.2, 0) is 6.42 Å². The van der Waals surface area contributed by atoms with Gasteiger partial charge in [0.2, 0.25) is 0 Å². The van der Waals surface area contributed by atoms with Gasteiger partial charge in [0.05, 0.1) is 5.56 Å². The Labute approximate surface area is 318 Å². The second-order valence-electron chi connectivity index (χ2n) is 14.3. The van der Waals surface area contributed by atoms with Crippen molar-refractivity contribution in [3.8, 4) is 45.3 Å². The second-order valence-corrected chi connectivity index (χ2v) is 14.3. The molecule has 0 spiro atoms. The van der Waals surface area contributed by atoms with Crippen LogP contribution in [0.5, 0.6) is 0 Å². The van der Waals surface area contributed by atoms with Crippen LogP contribution in [0.25, 0.3) is 78.0 Å². The third-order valence-corrected chi connectivity index (χ3v) is 11.1. The van der Waals surface area contributed by atoms with Crippen molar-refractivity contribution in [3.63, 3.8) is 0 Å². The number of rotatable bonds is 6. The summed E-state index contributed by atoms with van der Waals surface area (Å²) in [6.45, 7) is 0. The minimum absolute atomic E-state index is 0.172. The first-order valence-corrected chi connectivity index (χ1v) is 18.8. The fourth-order valence-corrected chi connectivity index (χ4v) is 8.44. The number of aromatic nitrogens is 3. The SMILES string of the molecule is c1ccc(-c2nc(-c3ccccc3)nc(-c3c(Cc4ccc(C5c6ccccc6-c6cc7ccccc7cc65)cc4)ccc4c3oc3ccccc34)n2)cc1. The van der Waals surface area contributed by atoms with Crippen molar-refractivity contribution < 1.29 is 4.42 Å². The van der Waals surface area contributed by atoms with Crippen molar-refractivity contribution in [3.05, 3.63) is 210 Å². The highest BCUT2D eigenvalue weighted by molar-refractivity contribution is 6.09. The van der Waals surface area contributed by atoms with E-state index in [-0.39, 0.29) is 5.92 Å². The molecule has 2 heterocycles. The Balaban J connectivity index is 1.05. The van der Waals surface area contributed by atoms with Gasteiger partial charge in [-0.1, -0.05) is 164 Å². The first-order chi connectivity index (χ1) is 27.2. The van der Waals surface area contributed by atoms with Crippen LogP contribution in [0.4, 0.5) is 0 Å². The average Bonchev–Trinajstić information content (AvgIpc) is 3.79. The van der Waals surface area contributed by atoms with Crippen molar-refractivity contribution in [2.75, 3.05) is 0 Å². The molecule has 0 radical (unpaired) electrons. The number of para-hydroxylation sites is 1. The summed E-state index contributed by atoms with van der Waals surface area (Å²) in [4.78, 5) is 15.3. The molecule has 258 valence electrons. The molecule has 0 bridgehead atoms. The molecular weight excluding hydrogens is 671 g/mol. The fraction of sp³-hybridized carbons (Fsp3) is 0.0392. The largest absolute Gasteiger partial charge is 0.455 e. The quantitative estimate of drug-likeness (QED) is 0.173. The predicted octanol–water partition coefficient (Wildman–Crippen LogP) is 12.7. The first kappa shape index (κ1) is 31.4. The zero-order chi connectivity index (χ0) is 36.3. The summed E-state index contributed by atoms with van der Waals surface area (Å²) in [6, 6.07) is 64.3. The normalized spacial score (nSPS) is 13.3. The number of furan rings is 1. The Morgan fingerprint density at radius 2 is 1.07 bits per heavy atom. The Bertz CT molecular complexity index is 3000. The van der Waals surface area contributed by atoms with Crippen molar-refractivity contribution in [1.29, 1.82) is 0 Å². The molecule has 1 aliphatic rings. The molecule has 4 heteroatoms. The third kappa shape index (κ3) is 5.33. The molecule has 8 aromatic carbocycles. The molecule has 11 rings (SSSR count). The predicted molar refractivity (Wildman–Crippen MR) is 223 cm³/mol. The smallest absolute Gasteiger partial charge is 0.168 e. The molecule has 0 saturated carbocycles. The highest BCUT2D eigenvalue weighted by atomic mass is 16.3. The third-order valence-electron chi connectivity index (χ3n) is 11.1. The van der Waals surface area contributed by atoms with Gasteiger partial charge in [-0.3, -0.25) is 0 Å². The molecule has 0 N–H and O–H groups in total. The Morgan fingerprint density at radius 3 is 1.82 bits per heavy atom. The minimum Gasteiger partial charge on any atom is -0.455 e. The lowest BCUT2D eigenvalue weighted by Crippen LogP contribution is -2.03. The van der Waals surface area contributed by atoms with E-state index < -0.39 is 0 Å². The van der Waals surface area contributed by atoms with E-state index in [4.69, 9.17) is 19.4 Å². The van der Waals surface area contributed by atoms with E-state index in [1.165, 1.54) is 44.2 Å². The van der Waals surface area contributed by atoms with Crippen LogP contribution in [-0.4, -0.2) is 15.0 Å². The van der Waals surface area contributed by atoms with Crippen LogP contribution in [0.15, 0.2) is 186 Å². The summed E-state index contributed by atoms with van der Waals surface area (Å²) in [7, 11) is 0. The number of hydrogen-bond acceptors (Lipinski definition) is 4. The summed E-state index contributed by atoms with van der Waals surface area (Å²) in [6.07, 6.45) is 0.679. The van der Waals surface area contributed by atoms with Gasteiger partial charge < -0.3 is 4.42 Å². The summed E-state index contributed by atoms with van der Waals surface area (Å²) >= 11 is 0. The number of benzene rings is 8. The molecule has 2 aromatic heterocycles. The van der Waals surface area contributed by atoms with E-state index in [2.05, 4.69) is 109 Å². The van der Waals surface area contributed by atoms with Crippen LogP contribution < -0.4 is 0 Å². The Morgan fingerprint density at radius 1 is 0.455 bits per heavy atom. The van der Waals surface area contributed by atoms with Gasteiger partial charge in [0, 0.05) is 27.8 Å². The Hall–Kier alpha value is -7.17. The summed E-state index contributed by atoms with van der Waals surface area (Å²) < 4.78 is 6.69. The molecule has 0 amide bonds. The van der Waals surface area contributed by atoms with Gasteiger partial charge in [-0.2, -0.15) is 0 Å². The highest BCUT2D eigenvalue weighted by Gasteiger charge is 2.30. The average molecular weight is 704 g/mol. The standard InChI is InChI=1S/C51H33N3O/c1-3-13-34(14-4-1)49-52-50(35-15-5-2-6-16-35)54-51(53-49)47-38(27-28-42-40-20-11-12-22-45(40)55-48(42)47)29-32-23-25-33(26-24-32)46-41-21-10-9-19-39(41)43-30-36-17-7-8-18-37(36)31-44(43)46/h1-28,30-31,46H,29H2. The monoisotopic (exact) mass is 703 g/mol. The lowest BCUT2D eigenvalue weighted by molar-refractivity contribution is 0.669. The lowest BCUT2D eigenvalue weighted by Gasteiger charge is -2.16. The minimum atomic E-state index is 0.172. The summed E-state index contributed by atoms with van der Waals surface area (Å²) in [5.41, 5.74) is 13.3. The van der Waals surface area contributed by atoms with Gasteiger partial charge in [0.15, 0.2) is 17.5 Å². The van der Waals surface area contributed by atoms with Crippen molar-refractivity contribution in [1.82, 2.24) is 15.0 Å². The van der Waals surface area contributed by atoms with Gasteiger partial charge >= 0.3 is 0 Å². The number of fused-ring (bicyclic) bond motifs is 7. The summed E-state index contributed by atoms with van der Waals surface area (Å²) in [5.74, 6) is 2.01. The van der Waals surface area contributed by atoms with E-state index in [0.29, 0.717) is 23.9 Å². The topological polar surface area (TPSA) is 51.8 Å². The zero-order valence-corrected chi connectivity index (χ0v) is 29.9. The van der Waals surface area contributed by atoms with Crippen molar-refractivity contribution in [2.45, 2.75) is 12.3 Å². The molecule has 4 nitrogen and oxygen atoms in total. The maximum atomic E-state index is 6.69. The van der Waals surface area contributed by atoms with Crippen molar-refractivity contribution >= 4 is 32.7 Å². The molecule has 1 aliphatic carbocycles. The number of hydrogen-bond donors (Lipinski definition) is 0. The van der Waals surface area contributed by atoms with Crippen LogP contribution in [0, 0.1) is 0 Å². The molecule has 10 aromatic rings. The first-order valence-electron chi connectivity index (χ1n) is 18.8. The molecule has 55 heavy (non-hydrogen) atoms. The molecule has 0 saturated heterocycles. The van der Waals surface area contributed by atoms with Crippen LogP contribution >= 0.6 is 0 Å². The van der Waals surface area contributed by atoms with Gasteiger partial charge in [-0.25, -0.2) is 15.0 Å². The van der Waals surface area contributed by atoms with E-state index in [1.54, 1.807) is 0 Å². The maximum Gasteiger partial charge on any atom is 0.168 e. The fourth-order valence-electron chi connectivity index (χ4n) is 8.44. The van der Waals surface area contributed by atoms with Crippen LogP contribution in [0.1, 0.15) is 33.7 Å². The second kappa shape index (κ2) is 12.8. The van der Waals surface area contributed by atoms with E-state index >= 15 is 0 Å². The molecule has 0 aliphatic heterocycles. The van der Waals surface area contributed by atoms with E-state index in [9.17, 15) is 0 Å². The highest BCUT2D eigenvalue weighted by Crippen LogP contribution is 2.49. The van der Waals surface area contributed by atoms with Crippen LogP contribution in [0.2, 0.25) is 0 Å². The lowest BCUT2D eigenvalue weighted by atomic mass is 9.87. The van der Waals surface area contributed by atoms with Gasteiger partial charge in [0.1, 0.15) is 11.2 Å².